The minimum absolute atomic E-state index is 0.203. The van der Waals surface area contributed by atoms with Gasteiger partial charge in [-0.25, -0.2) is 14.6 Å². The van der Waals surface area contributed by atoms with Crippen LogP contribution in [0, 0.1) is 0 Å². The first-order chi connectivity index (χ1) is 13.7. The van der Waals surface area contributed by atoms with Crippen LogP contribution in [-0.4, -0.2) is 25.7 Å². The molecule has 0 radical (unpaired) electrons. The summed E-state index contributed by atoms with van der Waals surface area (Å²) in [4.78, 5) is 20.8. The van der Waals surface area contributed by atoms with Gasteiger partial charge < -0.3 is 5.32 Å². The number of aromatic nitrogens is 4. The quantitative estimate of drug-likeness (QED) is 0.521. The van der Waals surface area contributed by atoms with Crippen molar-refractivity contribution in [2.75, 3.05) is 0 Å². The first-order valence-electron chi connectivity index (χ1n) is 8.57. The summed E-state index contributed by atoms with van der Waals surface area (Å²) in [5.41, 5.74) is 3.40. The largest absolute Gasteiger partial charge is 0.347 e. The highest BCUT2D eigenvalue weighted by Gasteiger charge is 2.12. The third kappa shape index (κ3) is 4.44. The van der Waals surface area contributed by atoms with Crippen molar-refractivity contribution in [1.29, 1.82) is 0 Å². The smallest absolute Gasteiger partial charge is 0.271 e. The highest BCUT2D eigenvalue weighted by atomic mass is 35.5. The Morgan fingerprint density at radius 1 is 1.14 bits per heavy atom. The molecule has 0 spiro atoms. The average Bonchev–Trinajstić information content (AvgIpc) is 3.38. The first-order valence-corrected chi connectivity index (χ1v) is 9.83. The Bertz CT molecular complexity index is 1090. The maximum atomic E-state index is 12.5. The van der Waals surface area contributed by atoms with Gasteiger partial charge >= 0.3 is 0 Å². The fourth-order valence-electron chi connectivity index (χ4n) is 2.74. The summed E-state index contributed by atoms with van der Waals surface area (Å²) in [6.45, 7) is 1.06. The van der Waals surface area contributed by atoms with Crippen LogP contribution in [0.4, 0.5) is 0 Å². The molecule has 0 aliphatic heterocycles. The molecule has 1 N–H and O–H groups in total. The van der Waals surface area contributed by atoms with Crippen molar-refractivity contribution in [2.24, 2.45) is 0 Å². The van der Waals surface area contributed by atoms with E-state index in [1.807, 2.05) is 48.5 Å². The van der Waals surface area contributed by atoms with Crippen molar-refractivity contribution in [3.8, 4) is 10.6 Å². The SMILES string of the molecule is O=C(NCc1cccc(Cn2cncn2)c1)c1csc(-c2cccc(Cl)c2)n1. The summed E-state index contributed by atoms with van der Waals surface area (Å²) < 4.78 is 1.75. The summed E-state index contributed by atoms with van der Waals surface area (Å²) in [5, 5.41) is 10.2. The number of carbonyl (C=O) groups excluding carboxylic acids is 1. The monoisotopic (exact) mass is 409 g/mol. The predicted octanol–water partition coefficient (Wildman–Crippen LogP) is 4.03. The summed E-state index contributed by atoms with van der Waals surface area (Å²) >= 11 is 7.45. The topological polar surface area (TPSA) is 72.7 Å². The average molecular weight is 410 g/mol. The third-order valence-corrected chi connectivity index (χ3v) is 5.19. The highest BCUT2D eigenvalue weighted by molar-refractivity contribution is 7.13. The fourth-order valence-corrected chi connectivity index (χ4v) is 3.73. The fraction of sp³-hybridized carbons (Fsp3) is 0.100. The predicted molar refractivity (Wildman–Crippen MR) is 109 cm³/mol. The lowest BCUT2D eigenvalue weighted by Crippen LogP contribution is -2.23. The van der Waals surface area contributed by atoms with Crippen LogP contribution in [0.2, 0.25) is 5.02 Å². The van der Waals surface area contributed by atoms with Crippen LogP contribution < -0.4 is 5.32 Å². The van der Waals surface area contributed by atoms with Crippen LogP contribution in [0.5, 0.6) is 0 Å². The van der Waals surface area contributed by atoms with Crippen molar-refractivity contribution in [2.45, 2.75) is 13.1 Å². The Labute approximate surface area is 170 Å². The van der Waals surface area contributed by atoms with E-state index in [1.54, 1.807) is 16.4 Å². The molecule has 8 heteroatoms. The van der Waals surface area contributed by atoms with Crippen LogP contribution >= 0.6 is 22.9 Å². The second kappa shape index (κ2) is 8.33. The standard InChI is InChI=1S/C20H16ClN5OS/c21-17-6-2-5-16(8-17)20-25-18(11-28-20)19(27)23-9-14-3-1-4-15(7-14)10-26-13-22-12-24-26/h1-8,11-13H,9-10H2,(H,23,27). The molecule has 28 heavy (non-hydrogen) atoms. The number of nitrogens with one attached hydrogen (secondary N) is 1. The molecular weight excluding hydrogens is 394 g/mol. The summed E-state index contributed by atoms with van der Waals surface area (Å²) in [6, 6.07) is 15.4. The van der Waals surface area contributed by atoms with Crippen molar-refractivity contribution < 1.29 is 4.79 Å². The second-order valence-electron chi connectivity index (χ2n) is 6.14. The molecule has 0 saturated heterocycles. The number of benzene rings is 2. The highest BCUT2D eigenvalue weighted by Crippen LogP contribution is 2.26. The van der Waals surface area contributed by atoms with Crippen LogP contribution in [0.1, 0.15) is 21.6 Å². The maximum absolute atomic E-state index is 12.5. The molecule has 0 fully saturated rings. The summed E-state index contributed by atoms with van der Waals surface area (Å²) in [7, 11) is 0. The van der Waals surface area contributed by atoms with Gasteiger partial charge in [0.25, 0.3) is 5.91 Å². The number of halogens is 1. The van der Waals surface area contributed by atoms with Gasteiger partial charge in [0.2, 0.25) is 0 Å². The molecule has 6 nitrogen and oxygen atoms in total. The van der Waals surface area contributed by atoms with Gasteiger partial charge in [-0.15, -0.1) is 11.3 Å². The van der Waals surface area contributed by atoms with E-state index >= 15 is 0 Å². The number of rotatable bonds is 6. The maximum Gasteiger partial charge on any atom is 0.271 e. The molecule has 2 aromatic heterocycles. The van der Waals surface area contributed by atoms with E-state index in [0.29, 0.717) is 23.8 Å². The Morgan fingerprint density at radius 2 is 2.00 bits per heavy atom. The minimum atomic E-state index is -0.203. The van der Waals surface area contributed by atoms with Crippen molar-refractivity contribution in [1.82, 2.24) is 25.1 Å². The van der Waals surface area contributed by atoms with Gasteiger partial charge in [-0.3, -0.25) is 4.79 Å². The molecule has 1 amide bonds. The summed E-state index contributed by atoms with van der Waals surface area (Å²) in [6.07, 6.45) is 3.18. The van der Waals surface area contributed by atoms with Gasteiger partial charge in [-0.1, -0.05) is 48.0 Å². The second-order valence-corrected chi connectivity index (χ2v) is 7.44. The first kappa shape index (κ1) is 18.3. The van der Waals surface area contributed by atoms with Crippen LogP contribution in [-0.2, 0) is 13.1 Å². The lowest BCUT2D eigenvalue weighted by molar-refractivity contribution is 0.0946. The van der Waals surface area contributed by atoms with Crippen LogP contribution in [0.25, 0.3) is 10.6 Å². The molecule has 0 unspecified atom stereocenters. The van der Waals surface area contributed by atoms with Crippen LogP contribution in [0.15, 0.2) is 66.6 Å². The van der Waals surface area contributed by atoms with Crippen LogP contribution in [0.3, 0.4) is 0 Å². The Balaban J connectivity index is 1.39. The molecule has 4 rings (SSSR count). The van der Waals surface area contributed by atoms with E-state index in [0.717, 1.165) is 21.7 Å². The third-order valence-electron chi connectivity index (χ3n) is 4.06. The molecule has 140 valence electrons. The number of thiazole rings is 1. The lowest BCUT2D eigenvalue weighted by Gasteiger charge is -2.06. The Morgan fingerprint density at radius 3 is 2.82 bits per heavy atom. The van der Waals surface area contributed by atoms with Gasteiger partial charge in [-0.2, -0.15) is 5.10 Å². The zero-order valence-corrected chi connectivity index (χ0v) is 16.3. The zero-order chi connectivity index (χ0) is 19.3. The number of hydrogen-bond donors (Lipinski definition) is 1. The Kier molecular flexibility index (Phi) is 5.45. The van der Waals surface area contributed by atoms with E-state index in [-0.39, 0.29) is 5.91 Å². The molecule has 4 aromatic rings. The Hall–Kier alpha value is -3.03. The molecule has 0 aliphatic rings. The van der Waals surface area contributed by atoms with E-state index in [9.17, 15) is 4.79 Å². The van der Waals surface area contributed by atoms with Crippen molar-refractivity contribution in [3.63, 3.8) is 0 Å². The van der Waals surface area contributed by atoms with Gasteiger partial charge in [0.1, 0.15) is 23.4 Å². The molecular formula is C20H16ClN5OS. The van der Waals surface area contributed by atoms with Crippen molar-refractivity contribution >= 4 is 28.8 Å². The van der Waals surface area contributed by atoms with E-state index in [1.165, 1.54) is 17.7 Å². The van der Waals surface area contributed by atoms with E-state index < -0.39 is 0 Å². The normalized spacial score (nSPS) is 10.8. The van der Waals surface area contributed by atoms with E-state index in [4.69, 9.17) is 11.6 Å². The molecule has 0 saturated carbocycles. The van der Waals surface area contributed by atoms with Gasteiger partial charge in [0.05, 0.1) is 6.54 Å². The molecule has 2 heterocycles. The van der Waals surface area contributed by atoms with Gasteiger partial charge in [-0.05, 0) is 23.3 Å². The molecule has 0 atom stereocenters. The number of hydrogen-bond acceptors (Lipinski definition) is 5. The van der Waals surface area contributed by atoms with E-state index in [2.05, 4.69) is 20.4 Å². The molecule has 2 aromatic carbocycles. The van der Waals surface area contributed by atoms with Crippen molar-refractivity contribution in [3.05, 3.63) is 88.4 Å². The van der Waals surface area contributed by atoms with Gasteiger partial charge in [0, 0.05) is 22.5 Å². The lowest BCUT2D eigenvalue weighted by atomic mass is 10.1. The molecule has 0 bridgehead atoms. The number of nitrogens with zero attached hydrogens (tertiary/aromatic N) is 4. The summed E-state index contributed by atoms with van der Waals surface area (Å²) in [5.74, 6) is -0.203. The minimum Gasteiger partial charge on any atom is -0.347 e. The number of amides is 1. The molecule has 0 aliphatic carbocycles. The van der Waals surface area contributed by atoms with Gasteiger partial charge in [0.15, 0.2) is 0 Å². The number of carbonyl (C=O) groups is 1. The zero-order valence-electron chi connectivity index (χ0n) is 14.7.